The lowest BCUT2D eigenvalue weighted by Crippen LogP contribution is -2.12. The van der Waals surface area contributed by atoms with Crippen LogP contribution in [0.3, 0.4) is 0 Å². The van der Waals surface area contributed by atoms with Gasteiger partial charge in [-0.05, 0) is 30.3 Å². The predicted molar refractivity (Wildman–Crippen MR) is 84.7 cm³/mol. The van der Waals surface area contributed by atoms with E-state index in [1.54, 1.807) is 24.5 Å². The predicted octanol–water partition coefficient (Wildman–Crippen LogP) is 3.41. The van der Waals surface area contributed by atoms with E-state index in [-0.39, 0.29) is 5.56 Å². The summed E-state index contributed by atoms with van der Waals surface area (Å²) >= 11 is 1.38. The van der Waals surface area contributed by atoms with Crippen LogP contribution in [-0.2, 0) is 0 Å². The van der Waals surface area contributed by atoms with E-state index in [1.807, 2.05) is 18.2 Å². The molecule has 3 heterocycles. The third-order valence-electron chi connectivity index (χ3n) is 2.81. The van der Waals surface area contributed by atoms with Crippen LogP contribution >= 0.6 is 11.8 Å². The molecule has 0 aliphatic heterocycles. The summed E-state index contributed by atoms with van der Waals surface area (Å²) in [6.07, 6.45) is 5.64. The first-order chi connectivity index (χ1) is 11.2. The van der Waals surface area contributed by atoms with E-state index in [2.05, 4.69) is 20.3 Å². The summed E-state index contributed by atoms with van der Waals surface area (Å²) in [5.41, 5.74) is 0.716. The number of carbonyl (C=O) groups excluding carboxylic acids is 1. The van der Waals surface area contributed by atoms with E-state index in [0.29, 0.717) is 10.7 Å². The number of rotatable bonds is 4. The number of pyridine rings is 3. The first-order valence-electron chi connectivity index (χ1n) is 6.67. The maximum absolute atomic E-state index is 13.1. The molecule has 0 unspecified atom stereocenters. The van der Waals surface area contributed by atoms with Crippen molar-refractivity contribution in [3.8, 4) is 0 Å². The molecular formula is C16H11FN4OS. The van der Waals surface area contributed by atoms with Crippen LogP contribution in [0.2, 0.25) is 0 Å². The Morgan fingerprint density at radius 2 is 1.91 bits per heavy atom. The van der Waals surface area contributed by atoms with Gasteiger partial charge in [-0.2, -0.15) is 0 Å². The summed E-state index contributed by atoms with van der Waals surface area (Å²) in [7, 11) is 0. The Morgan fingerprint density at radius 3 is 2.70 bits per heavy atom. The van der Waals surface area contributed by atoms with Crippen molar-refractivity contribution < 1.29 is 9.18 Å². The zero-order chi connectivity index (χ0) is 16.1. The second-order valence-corrected chi connectivity index (χ2v) is 5.54. The van der Waals surface area contributed by atoms with Crippen molar-refractivity contribution >= 4 is 23.4 Å². The Morgan fingerprint density at radius 1 is 1.04 bits per heavy atom. The van der Waals surface area contributed by atoms with Crippen LogP contribution in [0.25, 0.3) is 0 Å². The minimum absolute atomic E-state index is 0.153. The third kappa shape index (κ3) is 4.10. The maximum atomic E-state index is 13.1. The van der Waals surface area contributed by atoms with E-state index in [1.165, 1.54) is 18.0 Å². The molecule has 3 rings (SSSR count). The molecule has 0 saturated heterocycles. The number of anilines is 1. The SMILES string of the molecule is O=C(Nc1ccnc(Sc2ccccn2)c1)c1cncc(F)c1. The molecule has 0 radical (unpaired) electrons. The van der Waals surface area contributed by atoms with Gasteiger partial charge in [0.1, 0.15) is 15.9 Å². The minimum Gasteiger partial charge on any atom is -0.322 e. The number of hydrogen-bond acceptors (Lipinski definition) is 5. The summed E-state index contributed by atoms with van der Waals surface area (Å²) in [4.78, 5) is 24.2. The lowest BCUT2D eigenvalue weighted by molar-refractivity contribution is 0.102. The van der Waals surface area contributed by atoms with E-state index in [0.717, 1.165) is 17.3 Å². The van der Waals surface area contributed by atoms with Crippen LogP contribution in [-0.4, -0.2) is 20.9 Å². The Balaban J connectivity index is 1.74. The lowest BCUT2D eigenvalue weighted by Gasteiger charge is -2.06. The Hall–Kier alpha value is -2.80. The van der Waals surface area contributed by atoms with Crippen molar-refractivity contribution in [3.63, 3.8) is 0 Å². The van der Waals surface area contributed by atoms with Gasteiger partial charge in [-0.1, -0.05) is 17.8 Å². The molecule has 23 heavy (non-hydrogen) atoms. The van der Waals surface area contributed by atoms with E-state index >= 15 is 0 Å². The van der Waals surface area contributed by atoms with Crippen LogP contribution in [0.4, 0.5) is 10.1 Å². The summed E-state index contributed by atoms with van der Waals surface area (Å²) in [5.74, 6) is -0.990. The van der Waals surface area contributed by atoms with Gasteiger partial charge in [0, 0.05) is 24.3 Å². The summed E-state index contributed by atoms with van der Waals surface area (Å²) in [6.45, 7) is 0. The Kier molecular flexibility index (Phi) is 4.58. The minimum atomic E-state index is -0.557. The molecule has 3 aromatic rings. The fourth-order valence-electron chi connectivity index (χ4n) is 1.80. The van der Waals surface area contributed by atoms with Gasteiger partial charge in [0.15, 0.2) is 0 Å². The highest BCUT2D eigenvalue weighted by Crippen LogP contribution is 2.25. The van der Waals surface area contributed by atoms with Gasteiger partial charge in [0.05, 0.1) is 11.8 Å². The number of carbonyl (C=O) groups is 1. The number of amides is 1. The van der Waals surface area contributed by atoms with Crippen molar-refractivity contribution in [1.82, 2.24) is 15.0 Å². The highest BCUT2D eigenvalue weighted by Gasteiger charge is 2.09. The molecule has 0 spiro atoms. The second kappa shape index (κ2) is 6.97. The smallest absolute Gasteiger partial charge is 0.257 e. The third-order valence-corrected chi connectivity index (χ3v) is 3.69. The molecule has 1 N–H and O–H groups in total. The van der Waals surface area contributed by atoms with Gasteiger partial charge in [0.2, 0.25) is 0 Å². The molecule has 0 fully saturated rings. The number of nitrogens with one attached hydrogen (secondary N) is 1. The molecule has 0 aromatic carbocycles. The van der Waals surface area contributed by atoms with Crippen molar-refractivity contribution in [2.45, 2.75) is 10.1 Å². The molecule has 0 bridgehead atoms. The van der Waals surface area contributed by atoms with Crippen molar-refractivity contribution in [3.05, 3.63) is 72.6 Å². The highest BCUT2D eigenvalue weighted by atomic mass is 32.2. The van der Waals surface area contributed by atoms with Crippen LogP contribution in [0.15, 0.2) is 71.2 Å². The van der Waals surface area contributed by atoms with Gasteiger partial charge in [0.25, 0.3) is 5.91 Å². The quantitative estimate of drug-likeness (QED) is 0.796. The summed E-state index contributed by atoms with van der Waals surface area (Å²) < 4.78 is 13.1. The van der Waals surface area contributed by atoms with Gasteiger partial charge in [-0.25, -0.2) is 14.4 Å². The lowest BCUT2D eigenvalue weighted by atomic mass is 10.2. The van der Waals surface area contributed by atoms with Gasteiger partial charge in [-0.3, -0.25) is 9.78 Å². The van der Waals surface area contributed by atoms with E-state index < -0.39 is 11.7 Å². The first kappa shape index (κ1) is 15.1. The number of nitrogens with zero attached hydrogens (tertiary/aromatic N) is 3. The van der Waals surface area contributed by atoms with Gasteiger partial charge >= 0.3 is 0 Å². The molecule has 5 nitrogen and oxygen atoms in total. The average Bonchev–Trinajstić information content (AvgIpc) is 2.56. The van der Waals surface area contributed by atoms with E-state index in [9.17, 15) is 9.18 Å². The average molecular weight is 326 g/mol. The van der Waals surface area contributed by atoms with Crippen molar-refractivity contribution in [1.29, 1.82) is 0 Å². The van der Waals surface area contributed by atoms with Crippen LogP contribution in [0.1, 0.15) is 10.4 Å². The van der Waals surface area contributed by atoms with Gasteiger partial charge < -0.3 is 5.32 Å². The standard InChI is InChI=1S/C16H11FN4OS/c17-12-7-11(9-18-10-12)16(22)21-13-4-6-20-15(8-13)23-14-3-1-2-5-19-14/h1-10H,(H,20,21,22). The number of aromatic nitrogens is 3. The van der Waals surface area contributed by atoms with Crippen molar-refractivity contribution in [2.75, 3.05) is 5.32 Å². The maximum Gasteiger partial charge on any atom is 0.257 e. The molecule has 3 aromatic heterocycles. The summed E-state index contributed by atoms with van der Waals surface area (Å²) in [5, 5.41) is 4.19. The van der Waals surface area contributed by atoms with E-state index in [4.69, 9.17) is 0 Å². The molecule has 114 valence electrons. The fraction of sp³-hybridized carbons (Fsp3) is 0. The molecule has 7 heteroatoms. The molecule has 0 aliphatic carbocycles. The number of hydrogen-bond donors (Lipinski definition) is 1. The topological polar surface area (TPSA) is 67.8 Å². The molecular weight excluding hydrogens is 315 g/mol. The van der Waals surface area contributed by atoms with Crippen molar-refractivity contribution in [2.24, 2.45) is 0 Å². The Bertz CT molecular complexity index is 829. The fourth-order valence-corrected chi connectivity index (χ4v) is 2.57. The molecule has 0 saturated carbocycles. The zero-order valence-electron chi connectivity index (χ0n) is 11.8. The zero-order valence-corrected chi connectivity index (χ0v) is 12.6. The van der Waals surface area contributed by atoms with Crippen LogP contribution in [0, 0.1) is 5.82 Å². The first-order valence-corrected chi connectivity index (χ1v) is 7.49. The second-order valence-electron chi connectivity index (χ2n) is 4.50. The molecule has 0 atom stereocenters. The largest absolute Gasteiger partial charge is 0.322 e. The monoisotopic (exact) mass is 326 g/mol. The normalized spacial score (nSPS) is 10.3. The summed E-state index contributed by atoms with van der Waals surface area (Å²) in [6, 6.07) is 10.1. The Labute approximate surface area is 136 Å². The molecule has 1 amide bonds. The van der Waals surface area contributed by atoms with Crippen LogP contribution < -0.4 is 5.32 Å². The van der Waals surface area contributed by atoms with Gasteiger partial charge in [-0.15, -0.1) is 0 Å². The molecule has 0 aliphatic rings. The van der Waals surface area contributed by atoms with Crippen LogP contribution in [0.5, 0.6) is 0 Å². The number of halogens is 1. The highest BCUT2D eigenvalue weighted by molar-refractivity contribution is 7.99.